The zero-order chi connectivity index (χ0) is 30.9. The van der Waals surface area contributed by atoms with Gasteiger partial charge in [-0.05, 0) is 65.4 Å². The van der Waals surface area contributed by atoms with Gasteiger partial charge in [-0.1, -0.05) is 74.3 Å². The standard InChI is InChI=1S/C34H38Cl2N4O3/c1-6-43-29-21-25(34(3,4)5)11-16-28(29)32-37-30(23-7-12-26(35)13-8-23)31(24-9-14-27(36)15-10-24)40(32)33(42)39-19-17-38(18-20-39)22(2)41/h7-16,21,30-31H,6,17-20H2,1-5H3/t30-,31+/m0/s1. The quantitative estimate of drug-likeness (QED) is 0.296. The van der Waals surface area contributed by atoms with Gasteiger partial charge in [0.15, 0.2) is 0 Å². The van der Waals surface area contributed by atoms with Crippen LogP contribution in [0.2, 0.25) is 10.0 Å². The van der Waals surface area contributed by atoms with Gasteiger partial charge >= 0.3 is 6.03 Å². The summed E-state index contributed by atoms with van der Waals surface area (Å²) in [6, 6.07) is 20.3. The third kappa shape index (κ3) is 6.53. The van der Waals surface area contributed by atoms with E-state index in [4.69, 9.17) is 32.9 Å². The van der Waals surface area contributed by atoms with Crippen LogP contribution < -0.4 is 4.74 Å². The Kier molecular flexibility index (Phi) is 9.04. The first-order valence-electron chi connectivity index (χ1n) is 14.7. The van der Waals surface area contributed by atoms with Crippen molar-refractivity contribution in [1.82, 2.24) is 14.7 Å². The zero-order valence-electron chi connectivity index (χ0n) is 25.3. The molecule has 2 aliphatic rings. The molecular formula is C34H38Cl2N4O3. The van der Waals surface area contributed by atoms with Gasteiger partial charge in [-0.25, -0.2) is 4.79 Å². The van der Waals surface area contributed by atoms with Crippen molar-refractivity contribution in [2.24, 2.45) is 4.99 Å². The van der Waals surface area contributed by atoms with Crippen LogP contribution in [0.5, 0.6) is 5.75 Å². The van der Waals surface area contributed by atoms with Crippen LogP contribution in [0.3, 0.4) is 0 Å². The van der Waals surface area contributed by atoms with Crippen LogP contribution >= 0.6 is 23.2 Å². The minimum Gasteiger partial charge on any atom is -0.493 e. The van der Waals surface area contributed by atoms with Crippen molar-refractivity contribution in [2.45, 2.75) is 52.1 Å². The molecule has 0 saturated carbocycles. The van der Waals surface area contributed by atoms with Gasteiger partial charge in [-0.15, -0.1) is 0 Å². The van der Waals surface area contributed by atoms with Crippen molar-refractivity contribution in [2.75, 3.05) is 32.8 Å². The number of carbonyl (C=O) groups excluding carboxylic acids is 2. The summed E-state index contributed by atoms with van der Waals surface area (Å²) in [5.41, 5.74) is 3.62. The molecule has 43 heavy (non-hydrogen) atoms. The normalized spacial score (nSPS) is 19.0. The van der Waals surface area contributed by atoms with Crippen molar-refractivity contribution >= 4 is 41.0 Å². The summed E-state index contributed by atoms with van der Waals surface area (Å²) in [6.45, 7) is 12.3. The lowest BCUT2D eigenvalue weighted by Crippen LogP contribution is -2.54. The smallest absolute Gasteiger partial charge is 0.326 e. The van der Waals surface area contributed by atoms with Crippen LogP contribution in [0, 0.1) is 0 Å². The summed E-state index contributed by atoms with van der Waals surface area (Å²) in [7, 11) is 0. The number of piperazine rings is 1. The van der Waals surface area contributed by atoms with Crippen molar-refractivity contribution in [3.05, 3.63) is 99.0 Å². The fourth-order valence-corrected chi connectivity index (χ4v) is 5.92. The lowest BCUT2D eigenvalue weighted by Gasteiger charge is -2.39. The predicted octanol–water partition coefficient (Wildman–Crippen LogP) is 7.52. The van der Waals surface area contributed by atoms with E-state index in [0.717, 1.165) is 22.3 Å². The number of amidine groups is 1. The second-order valence-electron chi connectivity index (χ2n) is 12.0. The minimum absolute atomic E-state index is 0.0117. The number of carbonyl (C=O) groups is 2. The van der Waals surface area contributed by atoms with E-state index >= 15 is 0 Å². The number of hydrogen-bond acceptors (Lipinski definition) is 4. The highest BCUT2D eigenvalue weighted by Crippen LogP contribution is 2.46. The van der Waals surface area contributed by atoms with Gasteiger partial charge in [0.25, 0.3) is 0 Å². The fourth-order valence-electron chi connectivity index (χ4n) is 5.67. The van der Waals surface area contributed by atoms with Crippen molar-refractivity contribution in [3.8, 4) is 5.75 Å². The first kappa shape index (κ1) is 30.9. The van der Waals surface area contributed by atoms with Gasteiger partial charge in [0.1, 0.15) is 17.6 Å². The lowest BCUT2D eigenvalue weighted by molar-refractivity contribution is -0.130. The van der Waals surface area contributed by atoms with E-state index in [-0.39, 0.29) is 17.4 Å². The predicted molar refractivity (Wildman–Crippen MR) is 172 cm³/mol. The molecule has 0 N–H and O–H groups in total. The molecule has 5 rings (SSSR count). The maximum absolute atomic E-state index is 14.6. The first-order valence-corrected chi connectivity index (χ1v) is 15.4. The molecule has 3 aromatic rings. The summed E-state index contributed by atoms with van der Waals surface area (Å²) < 4.78 is 6.20. The number of amides is 3. The molecule has 1 fully saturated rings. The largest absolute Gasteiger partial charge is 0.493 e. The number of halogens is 2. The Hall–Kier alpha value is -3.55. The molecule has 0 bridgehead atoms. The van der Waals surface area contributed by atoms with E-state index in [1.54, 1.807) is 16.7 Å². The van der Waals surface area contributed by atoms with Crippen LogP contribution in [0.15, 0.2) is 71.7 Å². The third-order valence-corrected chi connectivity index (χ3v) is 8.58. The summed E-state index contributed by atoms with van der Waals surface area (Å²) in [5.74, 6) is 1.24. The Morgan fingerprint density at radius 1 is 0.860 bits per heavy atom. The number of nitrogens with zero attached hydrogens (tertiary/aromatic N) is 4. The number of ether oxygens (including phenoxy) is 1. The highest BCUT2D eigenvalue weighted by atomic mass is 35.5. The number of hydrogen-bond donors (Lipinski definition) is 0. The van der Waals surface area contributed by atoms with Gasteiger partial charge in [0.2, 0.25) is 5.91 Å². The third-order valence-electron chi connectivity index (χ3n) is 8.08. The molecule has 0 radical (unpaired) electrons. The molecule has 0 aliphatic carbocycles. The van der Waals surface area contributed by atoms with Crippen LogP contribution in [-0.4, -0.2) is 65.3 Å². The van der Waals surface area contributed by atoms with Crippen LogP contribution in [0.1, 0.15) is 69.0 Å². The molecule has 2 heterocycles. The Morgan fingerprint density at radius 3 is 1.95 bits per heavy atom. The van der Waals surface area contributed by atoms with Gasteiger partial charge in [0, 0.05) is 43.1 Å². The molecule has 0 aromatic heterocycles. The van der Waals surface area contributed by atoms with Gasteiger partial charge in [-0.2, -0.15) is 0 Å². The molecule has 0 unspecified atom stereocenters. The van der Waals surface area contributed by atoms with Gasteiger partial charge in [0.05, 0.1) is 18.2 Å². The molecule has 3 amide bonds. The molecule has 7 nitrogen and oxygen atoms in total. The molecule has 2 aliphatic heterocycles. The first-order chi connectivity index (χ1) is 20.5. The zero-order valence-corrected chi connectivity index (χ0v) is 26.8. The lowest BCUT2D eigenvalue weighted by atomic mass is 9.86. The average Bonchev–Trinajstić information content (AvgIpc) is 3.37. The molecule has 3 aromatic carbocycles. The molecule has 2 atom stereocenters. The Bertz CT molecular complexity index is 1510. The topological polar surface area (TPSA) is 65.5 Å². The summed E-state index contributed by atoms with van der Waals surface area (Å²) in [4.78, 5) is 37.3. The maximum atomic E-state index is 14.6. The Balaban J connectivity index is 1.67. The second-order valence-corrected chi connectivity index (χ2v) is 12.9. The second kappa shape index (κ2) is 12.6. The van der Waals surface area contributed by atoms with Gasteiger partial charge in [-0.3, -0.25) is 14.7 Å². The summed E-state index contributed by atoms with van der Waals surface area (Å²) in [5, 5.41) is 1.24. The van der Waals surface area contributed by atoms with E-state index in [2.05, 4.69) is 32.9 Å². The number of aliphatic imine (C=N–C) groups is 1. The summed E-state index contributed by atoms with van der Waals surface area (Å²) in [6.07, 6.45) is 0. The van der Waals surface area contributed by atoms with E-state index in [1.807, 2.05) is 66.4 Å². The summed E-state index contributed by atoms with van der Waals surface area (Å²) >= 11 is 12.6. The van der Waals surface area contributed by atoms with E-state index in [0.29, 0.717) is 54.4 Å². The highest BCUT2D eigenvalue weighted by molar-refractivity contribution is 6.30. The van der Waals surface area contributed by atoms with Crippen LogP contribution in [0.25, 0.3) is 0 Å². The average molecular weight is 622 g/mol. The molecular weight excluding hydrogens is 583 g/mol. The SMILES string of the molecule is CCOc1cc(C(C)(C)C)ccc1C1=N[C@@H](c2ccc(Cl)cc2)[C@@H](c2ccc(Cl)cc2)N1C(=O)N1CCN(C(C)=O)CC1. The molecule has 1 saturated heterocycles. The molecule has 0 spiro atoms. The van der Waals surface area contributed by atoms with E-state index < -0.39 is 12.1 Å². The van der Waals surface area contributed by atoms with Crippen LogP contribution in [0.4, 0.5) is 4.79 Å². The maximum Gasteiger partial charge on any atom is 0.326 e. The van der Waals surface area contributed by atoms with Crippen molar-refractivity contribution in [3.63, 3.8) is 0 Å². The van der Waals surface area contributed by atoms with Crippen LogP contribution in [-0.2, 0) is 10.2 Å². The number of urea groups is 1. The number of rotatable bonds is 5. The Labute approximate surface area is 264 Å². The van der Waals surface area contributed by atoms with E-state index in [9.17, 15) is 9.59 Å². The van der Waals surface area contributed by atoms with Crippen molar-refractivity contribution in [1.29, 1.82) is 0 Å². The fraction of sp³-hybridized carbons (Fsp3) is 0.382. The number of benzene rings is 3. The molecule has 226 valence electrons. The van der Waals surface area contributed by atoms with Gasteiger partial charge < -0.3 is 14.5 Å². The highest BCUT2D eigenvalue weighted by Gasteiger charge is 2.45. The monoisotopic (exact) mass is 620 g/mol. The van der Waals surface area contributed by atoms with Crippen molar-refractivity contribution < 1.29 is 14.3 Å². The Morgan fingerprint density at radius 2 is 1.42 bits per heavy atom. The molecule has 9 heteroatoms. The minimum atomic E-state index is -0.455. The van der Waals surface area contributed by atoms with E-state index in [1.165, 1.54) is 0 Å².